The number of ether oxygens (including phenoxy) is 4. The van der Waals surface area contributed by atoms with Gasteiger partial charge in [-0.15, -0.1) is 0 Å². The molecule has 3 rings (SSSR count). The molecule has 3 atom stereocenters. The molecular weight excluding hydrogens is 410 g/mol. The van der Waals surface area contributed by atoms with Crippen LogP contribution in [-0.4, -0.2) is 64.0 Å². The Balaban J connectivity index is 1.79. The minimum atomic E-state index is -1.03. The normalized spacial score (nSPS) is 23.0. The molecule has 0 amide bonds. The van der Waals surface area contributed by atoms with E-state index in [0.717, 1.165) is 5.56 Å². The van der Waals surface area contributed by atoms with Gasteiger partial charge < -0.3 is 29.0 Å². The van der Waals surface area contributed by atoms with Crippen LogP contribution in [0.1, 0.15) is 35.2 Å². The first-order valence-electron chi connectivity index (χ1n) is 10.7. The summed E-state index contributed by atoms with van der Waals surface area (Å²) in [5.41, 5.74) is 0.172. The van der Waals surface area contributed by atoms with Crippen molar-refractivity contribution in [2.75, 3.05) is 42.0 Å². The molecule has 1 fully saturated rings. The number of nitrogens with zero attached hydrogens (tertiary/aromatic N) is 1. The quantitative estimate of drug-likeness (QED) is 0.626. The molecule has 0 saturated heterocycles. The average Bonchev–Trinajstić information content (AvgIpc) is 2.80. The number of carbonyl (C=O) groups is 1. The second-order valence-electron chi connectivity index (χ2n) is 8.52. The summed E-state index contributed by atoms with van der Waals surface area (Å²) >= 11 is 0. The molecule has 7 heteroatoms. The Morgan fingerprint density at radius 3 is 2.28 bits per heavy atom. The predicted octanol–water partition coefficient (Wildman–Crippen LogP) is 3.49. The third-order valence-electron chi connectivity index (χ3n) is 6.09. The van der Waals surface area contributed by atoms with Crippen LogP contribution >= 0.6 is 0 Å². The van der Waals surface area contributed by atoms with Crippen LogP contribution in [0.2, 0.25) is 0 Å². The first kappa shape index (κ1) is 23.9. The monoisotopic (exact) mass is 443 g/mol. The highest BCUT2D eigenvalue weighted by Gasteiger charge is 2.44. The van der Waals surface area contributed by atoms with Gasteiger partial charge in [-0.2, -0.15) is 0 Å². The number of carbonyl (C=O) groups excluding carboxylic acids is 1. The number of esters is 1. The second kappa shape index (κ2) is 10.2. The van der Waals surface area contributed by atoms with Crippen molar-refractivity contribution in [3.8, 4) is 17.2 Å². The fraction of sp³-hybridized carbons (Fsp3) is 0.480. The standard InChI is InChI=1S/C25H33NO6/c1-26(2)16-19-14-21(9-10-25(19,28)18-7-6-8-20(13-18)29-3)32-24(27)17-11-22(30-4)15-23(12-17)31-5/h6-8,11-13,15,19,21,28H,9-10,14,16H2,1-5H3. The lowest BCUT2D eigenvalue weighted by atomic mass is 9.70. The summed E-state index contributed by atoms with van der Waals surface area (Å²) in [7, 11) is 8.64. The van der Waals surface area contributed by atoms with Crippen molar-refractivity contribution in [2.24, 2.45) is 5.92 Å². The molecular formula is C25H33NO6. The topological polar surface area (TPSA) is 77.5 Å². The van der Waals surface area contributed by atoms with Crippen LogP contribution in [0.25, 0.3) is 0 Å². The van der Waals surface area contributed by atoms with Gasteiger partial charge in [0.1, 0.15) is 23.4 Å². The average molecular weight is 444 g/mol. The zero-order valence-electron chi connectivity index (χ0n) is 19.5. The van der Waals surface area contributed by atoms with Gasteiger partial charge in [0.25, 0.3) is 0 Å². The van der Waals surface area contributed by atoms with E-state index in [-0.39, 0.29) is 12.0 Å². The van der Waals surface area contributed by atoms with Crippen molar-refractivity contribution in [3.05, 3.63) is 53.6 Å². The molecule has 0 heterocycles. The van der Waals surface area contributed by atoms with Crippen molar-refractivity contribution in [1.82, 2.24) is 4.90 Å². The van der Waals surface area contributed by atoms with Gasteiger partial charge in [0.2, 0.25) is 0 Å². The van der Waals surface area contributed by atoms with Gasteiger partial charge in [-0.1, -0.05) is 12.1 Å². The zero-order chi connectivity index (χ0) is 23.3. The van der Waals surface area contributed by atoms with Gasteiger partial charge in [-0.3, -0.25) is 0 Å². The second-order valence-corrected chi connectivity index (χ2v) is 8.52. The van der Waals surface area contributed by atoms with E-state index in [1.165, 1.54) is 14.2 Å². The summed E-state index contributed by atoms with van der Waals surface area (Å²) < 4.78 is 21.7. The number of methoxy groups -OCH3 is 3. The molecule has 1 N–H and O–H groups in total. The Kier molecular flexibility index (Phi) is 7.64. The van der Waals surface area contributed by atoms with Gasteiger partial charge >= 0.3 is 5.97 Å². The van der Waals surface area contributed by atoms with Crippen LogP contribution in [0.4, 0.5) is 0 Å². The highest BCUT2D eigenvalue weighted by atomic mass is 16.5. The van der Waals surface area contributed by atoms with Crippen LogP contribution in [0.3, 0.4) is 0 Å². The fourth-order valence-electron chi connectivity index (χ4n) is 4.41. The maximum atomic E-state index is 12.9. The summed E-state index contributed by atoms with van der Waals surface area (Å²) in [6.45, 7) is 0.661. The smallest absolute Gasteiger partial charge is 0.338 e. The molecule has 1 aliphatic rings. The van der Waals surface area contributed by atoms with Crippen molar-refractivity contribution >= 4 is 5.97 Å². The zero-order valence-corrected chi connectivity index (χ0v) is 19.5. The Labute approximate surface area is 189 Å². The summed E-state index contributed by atoms with van der Waals surface area (Å²) in [5.74, 6) is 1.22. The Hall–Kier alpha value is -2.77. The van der Waals surface area contributed by atoms with Crippen LogP contribution < -0.4 is 14.2 Å². The maximum absolute atomic E-state index is 12.9. The number of rotatable bonds is 8. The van der Waals surface area contributed by atoms with E-state index in [1.807, 2.05) is 43.3 Å². The van der Waals surface area contributed by atoms with Gasteiger partial charge in [0, 0.05) is 18.5 Å². The van der Waals surface area contributed by atoms with E-state index in [0.29, 0.717) is 48.6 Å². The molecule has 0 spiro atoms. The highest BCUT2D eigenvalue weighted by molar-refractivity contribution is 5.90. The third-order valence-corrected chi connectivity index (χ3v) is 6.09. The largest absolute Gasteiger partial charge is 0.497 e. The molecule has 3 unspecified atom stereocenters. The van der Waals surface area contributed by atoms with Gasteiger partial charge in [0.15, 0.2) is 0 Å². The first-order valence-corrected chi connectivity index (χ1v) is 10.7. The summed E-state index contributed by atoms with van der Waals surface area (Å²) in [6.07, 6.45) is 1.30. The lowest BCUT2D eigenvalue weighted by Crippen LogP contribution is -2.47. The Bertz CT molecular complexity index is 908. The molecule has 0 bridgehead atoms. The third kappa shape index (κ3) is 5.34. The van der Waals surface area contributed by atoms with E-state index in [1.54, 1.807) is 25.3 Å². The number of benzene rings is 2. The highest BCUT2D eigenvalue weighted by Crippen LogP contribution is 2.44. The van der Waals surface area contributed by atoms with E-state index in [4.69, 9.17) is 18.9 Å². The fourth-order valence-corrected chi connectivity index (χ4v) is 4.41. The number of hydrogen-bond acceptors (Lipinski definition) is 7. The van der Waals surface area contributed by atoms with E-state index in [2.05, 4.69) is 0 Å². The number of aliphatic hydroxyl groups is 1. The predicted molar refractivity (Wildman–Crippen MR) is 122 cm³/mol. The van der Waals surface area contributed by atoms with Gasteiger partial charge in [-0.05, 0) is 63.2 Å². The Morgan fingerprint density at radius 1 is 1.03 bits per heavy atom. The summed E-state index contributed by atoms with van der Waals surface area (Å²) in [4.78, 5) is 14.9. The SMILES string of the molecule is COc1cc(OC)cc(C(=O)OC2CCC(O)(c3cccc(OC)c3)C(CN(C)C)C2)c1. The van der Waals surface area contributed by atoms with E-state index >= 15 is 0 Å². The maximum Gasteiger partial charge on any atom is 0.338 e. The molecule has 32 heavy (non-hydrogen) atoms. The Morgan fingerprint density at radius 2 is 1.69 bits per heavy atom. The molecule has 1 saturated carbocycles. The molecule has 0 aromatic heterocycles. The van der Waals surface area contributed by atoms with Crippen LogP contribution in [0.15, 0.2) is 42.5 Å². The summed E-state index contributed by atoms with van der Waals surface area (Å²) in [5, 5.41) is 11.7. The number of hydrogen-bond donors (Lipinski definition) is 1. The molecule has 7 nitrogen and oxygen atoms in total. The molecule has 2 aromatic carbocycles. The minimum absolute atomic E-state index is 0.115. The van der Waals surface area contributed by atoms with Crippen LogP contribution in [-0.2, 0) is 10.3 Å². The lowest BCUT2D eigenvalue weighted by Gasteiger charge is -2.44. The molecule has 0 aliphatic heterocycles. The van der Waals surface area contributed by atoms with Crippen molar-refractivity contribution in [2.45, 2.75) is 31.0 Å². The molecule has 1 aliphatic carbocycles. The van der Waals surface area contributed by atoms with Gasteiger partial charge in [0.05, 0.1) is 32.5 Å². The first-order chi connectivity index (χ1) is 15.3. The van der Waals surface area contributed by atoms with Crippen molar-refractivity contribution in [1.29, 1.82) is 0 Å². The van der Waals surface area contributed by atoms with Crippen molar-refractivity contribution < 1.29 is 28.8 Å². The van der Waals surface area contributed by atoms with Crippen LogP contribution in [0, 0.1) is 5.92 Å². The minimum Gasteiger partial charge on any atom is -0.497 e. The molecule has 0 radical (unpaired) electrons. The van der Waals surface area contributed by atoms with Crippen molar-refractivity contribution in [3.63, 3.8) is 0 Å². The van der Waals surface area contributed by atoms with E-state index in [9.17, 15) is 9.90 Å². The lowest BCUT2D eigenvalue weighted by molar-refractivity contribution is -0.0960. The van der Waals surface area contributed by atoms with Gasteiger partial charge in [-0.25, -0.2) is 4.79 Å². The van der Waals surface area contributed by atoms with Crippen LogP contribution in [0.5, 0.6) is 17.2 Å². The molecule has 2 aromatic rings. The molecule has 174 valence electrons. The van der Waals surface area contributed by atoms with E-state index < -0.39 is 11.6 Å². The summed E-state index contributed by atoms with van der Waals surface area (Å²) in [6, 6.07) is 12.6.